The van der Waals surface area contributed by atoms with E-state index >= 15 is 0 Å². The van der Waals surface area contributed by atoms with Crippen molar-refractivity contribution < 1.29 is 4.21 Å². The Bertz CT molecular complexity index is 571. The van der Waals surface area contributed by atoms with Gasteiger partial charge in [-0.3, -0.25) is 0 Å². The normalized spacial score (nSPS) is 23.4. The van der Waals surface area contributed by atoms with Gasteiger partial charge in [-0.05, 0) is 50.2 Å². The molecule has 0 radical (unpaired) electrons. The third-order valence-corrected chi connectivity index (χ3v) is 6.18. The minimum absolute atomic E-state index is 0.00815. The molecule has 130 valence electrons. The van der Waals surface area contributed by atoms with Gasteiger partial charge in [0.2, 0.25) is 0 Å². The second kappa shape index (κ2) is 7.31. The molecule has 2 rings (SSSR count). The van der Waals surface area contributed by atoms with Crippen LogP contribution in [0.25, 0.3) is 0 Å². The molecule has 1 aliphatic rings. The van der Waals surface area contributed by atoms with Gasteiger partial charge in [-0.2, -0.15) is 0 Å². The Morgan fingerprint density at radius 3 is 2.35 bits per heavy atom. The van der Waals surface area contributed by atoms with E-state index in [0.29, 0.717) is 0 Å². The Morgan fingerprint density at radius 1 is 1.26 bits per heavy atom. The van der Waals surface area contributed by atoms with Crippen molar-refractivity contribution in [2.75, 3.05) is 0 Å². The smallest absolute Gasteiger partial charge is 0.0978 e. The van der Waals surface area contributed by atoms with E-state index in [9.17, 15) is 4.21 Å². The number of nitrogens with one attached hydrogen (secondary N) is 1. The number of hydrogen-bond acceptors (Lipinski definition) is 1. The number of benzene rings is 1. The van der Waals surface area contributed by atoms with E-state index in [4.69, 9.17) is 0 Å². The van der Waals surface area contributed by atoms with E-state index in [1.54, 1.807) is 0 Å². The molecule has 23 heavy (non-hydrogen) atoms. The molecule has 1 N–H and O–H groups in total. The molecule has 0 aliphatic heterocycles. The molecule has 1 aliphatic carbocycles. The number of fused-ring (bicyclic) bond motifs is 1. The zero-order chi connectivity index (χ0) is 17.9. The molecule has 2 atom stereocenters. The van der Waals surface area contributed by atoms with Crippen molar-refractivity contribution >= 4 is 11.0 Å². The lowest BCUT2D eigenvalue weighted by Gasteiger charge is -2.43. The van der Waals surface area contributed by atoms with Crippen LogP contribution in [0.5, 0.6) is 0 Å². The first-order valence-corrected chi connectivity index (χ1v) is 9.68. The highest BCUT2D eigenvalue weighted by atomic mass is 32.2. The molecule has 0 fully saturated rings. The maximum absolute atomic E-state index is 12.8. The summed E-state index contributed by atoms with van der Waals surface area (Å²) in [6.07, 6.45) is 3.71. The lowest BCUT2D eigenvalue weighted by atomic mass is 9.71. The van der Waals surface area contributed by atoms with Crippen molar-refractivity contribution in [1.82, 2.24) is 4.72 Å². The lowest BCUT2D eigenvalue weighted by molar-refractivity contribution is 0.172. The third kappa shape index (κ3) is 3.77. The van der Waals surface area contributed by atoms with Crippen molar-refractivity contribution in [3.8, 4) is 0 Å². The summed E-state index contributed by atoms with van der Waals surface area (Å²) in [5, 5.41) is 0. The molecule has 2 nitrogen and oxygen atoms in total. The highest BCUT2D eigenvalue weighted by Crippen LogP contribution is 2.52. The van der Waals surface area contributed by atoms with E-state index in [1.807, 2.05) is 40.7 Å². The molecule has 0 saturated carbocycles. The summed E-state index contributed by atoms with van der Waals surface area (Å²) in [4.78, 5) is 0. The van der Waals surface area contributed by atoms with Crippen LogP contribution >= 0.6 is 0 Å². The minimum atomic E-state index is -1.12. The molecular formula is C20H33NOS. The predicted molar refractivity (Wildman–Crippen MR) is 103 cm³/mol. The molecule has 2 unspecified atom stereocenters. The molecule has 1 aromatic carbocycles. The zero-order valence-electron chi connectivity index (χ0n) is 15.8. The summed E-state index contributed by atoms with van der Waals surface area (Å²) in [5.41, 5.74) is 2.30. The SMILES string of the molecule is C=CCC1(NS(=O)C(C)(C)C)c2ccccc2CC1(C)C.CC. The second-order valence-electron chi connectivity index (χ2n) is 7.60. The molecule has 3 heteroatoms. The maximum Gasteiger partial charge on any atom is 0.0978 e. The molecule has 0 saturated heterocycles. The van der Waals surface area contributed by atoms with Crippen LogP contribution in [0.4, 0.5) is 0 Å². The van der Waals surface area contributed by atoms with Gasteiger partial charge in [-0.15, -0.1) is 6.58 Å². The molecule has 0 amide bonds. The van der Waals surface area contributed by atoms with E-state index in [0.717, 1.165) is 12.8 Å². The summed E-state index contributed by atoms with van der Waals surface area (Å²) in [6.45, 7) is 18.5. The van der Waals surface area contributed by atoms with Crippen LogP contribution in [-0.2, 0) is 22.9 Å². The van der Waals surface area contributed by atoms with Crippen LogP contribution in [0, 0.1) is 5.41 Å². The van der Waals surface area contributed by atoms with Crippen molar-refractivity contribution in [3.05, 3.63) is 48.0 Å². The summed E-state index contributed by atoms with van der Waals surface area (Å²) in [5.74, 6) is 0. The van der Waals surface area contributed by atoms with Crippen LogP contribution < -0.4 is 4.72 Å². The monoisotopic (exact) mass is 335 g/mol. The molecule has 0 bridgehead atoms. The third-order valence-electron chi connectivity index (χ3n) is 4.54. The van der Waals surface area contributed by atoms with Crippen molar-refractivity contribution in [3.63, 3.8) is 0 Å². The first-order chi connectivity index (χ1) is 10.6. The van der Waals surface area contributed by atoms with Gasteiger partial charge in [0.25, 0.3) is 0 Å². The van der Waals surface area contributed by atoms with E-state index < -0.39 is 11.0 Å². The first-order valence-electron chi connectivity index (χ1n) is 8.53. The standard InChI is InChI=1S/C18H27NOS.C2H6/c1-7-12-18(19-21(20)16(2,3)4)15-11-9-8-10-14(15)13-17(18,5)6;1-2/h7-11,19H,1,12-13H2,2-6H3;1-2H3. The quantitative estimate of drug-likeness (QED) is 0.760. The van der Waals surface area contributed by atoms with Gasteiger partial charge >= 0.3 is 0 Å². The summed E-state index contributed by atoms with van der Waals surface area (Å²) < 4.78 is 16.0. The summed E-state index contributed by atoms with van der Waals surface area (Å²) in [7, 11) is -1.12. The lowest BCUT2D eigenvalue weighted by Crippen LogP contribution is -2.54. The highest BCUT2D eigenvalue weighted by molar-refractivity contribution is 7.84. The van der Waals surface area contributed by atoms with Crippen molar-refractivity contribution in [2.45, 2.75) is 71.6 Å². The summed E-state index contributed by atoms with van der Waals surface area (Å²) in [6, 6.07) is 8.50. The molecule has 0 spiro atoms. The van der Waals surface area contributed by atoms with E-state index in [2.05, 4.69) is 49.4 Å². The van der Waals surface area contributed by atoms with Crippen LogP contribution in [0.15, 0.2) is 36.9 Å². The van der Waals surface area contributed by atoms with Crippen molar-refractivity contribution in [2.24, 2.45) is 5.41 Å². The first kappa shape index (κ1) is 20.1. The Morgan fingerprint density at radius 2 is 1.83 bits per heavy atom. The number of hydrogen-bond donors (Lipinski definition) is 1. The fraction of sp³-hybridized carbons (Fsp3) is 0.600. The average molecular weight is 336 g/mol. The molecule has 0 heterocycles. The Balaban J connectivity index is 0.00000127. The molecular weight excluding hydrogens is 302 g/mol. The van der Waals surface area contributed by atoms with Gasteiger partial charge < -0.3 is 0 Å². The van der Waals surface area contributed by atoms with Gasteiger partial charge in [-0.1, -0.05) is 58.0 Å². The minimum Gasteiger partial charge on any atom is -0.242 e. The number of rotatable bonds is 4. The van der Waals surface area contributed by atoms with E-state index in [-0.39, 0.29) is 15.7 Å². The Labute approximate surface area is 145 Å². The fourth-order valence-corrected chi connectivity index (χ4v) is 4.32. The van der Waals surface area contributed by atoms with Crippen molar-refractivity contribution in [1.29, 1.82) is 0 Å². The van der Waals surface area contributed by atoms with Crippen LogP contribution in [0.1, 0.15) is 66.0 Å². The fourth-order valence-electron chi connectivity index (χ4n) is 3.23. The van der Waals surface area contributed by atoms with Crippen LogP contribution in [-0.4, -0.2) is 8.96 Å². The zero-order valence-corrected chi connectivity index (χ0v) is 16.6. The maximum atomic E-state index is 12.8. The van der Waals surface area contributed by atoms with Gasteiger partial charge in [0, 0.05) is 0 Å². The Hall–Kier alpha value is -0.930. The van der Waals surface area contributed by atoms with Gasteiger partial charge in [0.05, 0.1) is 21.3 Å². The largest absolute Gasteiger partial charge is 0.242 e. The molecule has 0 aromatic heterocycles. The molecule has 1 aromatic rings. The van der Waals surface area contributed by atoms with Gasteiger partial charge in [0.1, 0.15) is 0 Å². The highest BCUT2D eigenvalue weighted by Gasteiger charge is 2.52. The predicted octanol–water partition coefficient (Wildman–Crippen LogP) is 5.12. The summed E-state index contributed by atoms with van der Waals surface area (Å²) >= 11 is 0. The van der Waals surface area contributed by atoms with E-state index in [1.165, 1.54) is 11.1 Å². The van der Waals surface area contributed by atoms with Crippen LogP contribution in [0.2, 0.25) is 0 Å². The van der Waals surface area contributed by atoms with Gasteiger partial charge in [0.15, 0.2) is 0 Å². The Kier molecular flexibility index (Phi) is 6.39. The average Bonchev–Trinajstić information content (AvgIpc) is 2.68. The second-order valence-corrected chi connectivity index (χ2v) is 9.57. The topological polar surface area (TPSA) is 29.1 Å². The van der Waals surface area contributed by atoms with Gasteiger partial charge in [-0.25, -0.2) is 8.93 Å². The van der Waals surface area contributed by atoms with Crippen LogP contribution in [0.3, 0.4) is 0 Å².